The number of rotatable bonds is 3. The highest BCUT2D eigenvalue weighted by molar-refractivity contribution is 7.98. The Labute approximate surface area is 135 Å². The molecule has 120 valence electrons. The first kappa shape index (κ1) is 15.8. The third-order valence-electron chi connectivity index (χ3n) is 4.44. The number of thioether (sulfide) groups is 1. The molecule has 0 unspecified atom stereocenters. The van der Waals surface area contributed by atoms with Crippen molar-refractivity contribution in [3.63, 3.8) is 0 Å². The van der Waals surface area contributed by atoms with E-state index < -0.39 is 0 Å². The molecular formula is C16H22N2O3S. The zero-order valence-electron chi connectivity index (χ0n) is 12.8. The normalized spacial score (nSPS) is 24.1. The van der Waals surface area contributed by atoms with Gasteiger partial charge in [-0.1, -0.05) is 0 Å². The van der Waals surface area contributed by atoms with Crippen LogP contribution < -0.4 is 5.32 Å². The van der Waals surface area contributed by atoms with E-state index in [0.717, 1.165) is 43.9 Å². The quantitative estimate of drug-likeness (QED) is 0.865. The van der Waals surface area contributed by atoms with Crippen LogP contribution >= 0.6 is 11.8 Å². The molecular weight excluding hydrogens is 300 g/mol. The number of nitrogens with zero attached hydrogens (tertiary/aromatic N) is 1. The lowest BCUT2D eigenvalue weighted by atomic mass is 9.84. The predicted molar refractivity (Wildman–Crippen MR) is 85.2 cm³/mol. The molecule has 6 heteroatoms. The van der Waals surface area contributed by atoms with E-state index >= 15 is 0 Å². The number of carbonyl (C=O) groups is 1. The summed E-state index contributed by atoms with van der Waals surface area (Å²) in [5.41, 5.74) is 0.550. The van der Waals surface area contributed by atoms with Crippen LogP contribution in [0.2, 0.25) is 0 Å². The van der Waals surface area contributed by atoms with Crippen LogP contribution in [0.3, 0.4) is 0 Å². The van der Waals surface area contributed by atoms with Crippen molar-refractivity contribution in [1.82, 2.24) is 10.3 Å². The summed E-state index contributed by atoms with van der Waals surface area (Å²) in [7, 11) is 0. The highest BCUT2D eigenvalue weighted by atomic mass is 32.2. The van der Waals surface area contributed by atoms with E-state index in [-0.39, 0.29) is 17.6 Å². The molecule has 2 saturated heterocycles. The van der Waals surface area contributed by atoms with Crippen LogP contribution in [0.4, 0.5) is 0 Å². The number of ether oxygens (including phenoxy) is 2. The van der Waals surface area contributed by atoms with Gasteiger partial charge in [0.15, 0.2) is 0 Å². The average molecular weight is 322 g/mol. The maximum absolute atomic E-state index is 12.5. The second kappa shape index (κ2) is 6.98. The van der Waals surface area contributed by atoms with Gasteiger partial charge < -0.3 is 14.8 Å². The van der Waals surface area contributed by atoms with Crippen LogP contribution in [0.1, 0.15) is 36.0 Å². The highest BCUT2D eigenvalue weighted by Gasteiger charge is 2.39. The Hall–Kier alpha value is -1.11. The Morgan fingerprint density at radius 2 is 2.23 bits per heavy atom. The first-order valence-corrected chi connectivity index (χ1v) is 8.96. The number of nitrogens with one attached hydrogen (secondary N) is 1. The number of carbonyl (C=O) groups excluding carboxylic acids is 1. The molecule has 1 aromatic rings. The minimum absolute atomic E-state index is 0.0356. The third-order valence-corrected chi connectivity index (χ3v) is 5.15. The van der Waals surface area contributed by atoms with Crippen molar-refractivity contribution in [3.8, 4) is 0 Å². The van der Waals surface area contributed by atoms with Crippen LogP contribution in [0.15, 0.2) is 23.4 Å². The van der Waals surface area contributed by atoms with E-state index in [1.54, 1.807) is 12.3 Å². The fourth-order valence-corrected chi connectivity index (χ4v) is 3.78. The van der Waals surface area contributed by atoms with Crippen LogP contribution in [-0.4, -0.2) is 48.6 Å². The van der Waals surface area contributed by atoms with Crippen molar-refractivity contribution in [3.05, 3.63) is 23.9 Å². The molecule has 3 rings (SSSR count). The lowest BCUT2D eigenvalue weighted by molar-refractivity contribution is -0.139. The van der Waals surface area contributed by atoms with Gasteiger partial charge in [0.1, 0.15) is 5.03 Å². The summed E-state index contributed by atoms with van der Waals surface area (Å²) in [4.78, 5) is 16.8. The van der Waals surface area contributed by atoms with Crippen molar-refractivity contribution < 1.29 is 14.3 Å². The number of amides is 1. The van der Waals surface area contributed by atoms with Gasteiger partial charge in [-0.2, -0.15) is 0 Å². The number of aromatic nitrogens is 1. The Kier molecular flexibility index (Phi) is 5.00. The highest BCUT2D eigenvalue weighted by Crippen LogP contribution is 2.34. The molecule has 0 saturated carbocycles. The van der Waals surface area contributed by atoms with Gasteiger partial charge in [-0.05, 0) is 44.1 Å². The molecule has 3 heterocycles. The van der Waals surface area contributed by atoms with Crippen LogP contribution in [-0.2, 0) is 9.47 Å². The third kappa shape index (κ3) is 3.45. The molecule has 0 aliphatic carbocycles. The van der Waals surface area contributed by atoms with Crippen molar-refractivity contribution in [2.45, 2.75) is 42.4 Å². The average Bonchev–Trinajstić information content (AvgIpc) is 2.55. The molecule has 22 heavy (non-hydrogen) atoms. The smallest absolute Gasteiger partial charge is 0.254 e. The SMILES string of the molecule is CSc1ncccc1C(=O)N[C@H]1CCOC2(CCOCC2)C1. The monoisotopic (exact) mass is 322 g/mol. The minimum Gasteiger partial charge on any atom is -0.381 e. The van der Waals surface area contributed by atoms with Gasteiger partial charge >= 0.3 is 0 Å². The van der Waals surface area contributed by atoms with Gasteiger partial charge in [-0.25, -0.2) is 4.98 Å². The first-order chi connectivity index (χ1) is 10.7. The Bertz CT molecular complexity index is 526. The second-order valence-corrected chi connectivity index (χ2v) is 6.66. The lowest BCUT2D eigenvalue weighted by Gasteiger charge is -2.43. The van der Waals surface area contributed by atoms with Crippen molar-refractivity contribution in [2.75, 3.05) is 26.1 Å². The second-order valence-electron chi connectivity index (χ2n) is 5.87. The Morgan fingerprint density at radius 1 is 1.41 bits per heavy atom. The summed E-state index contributed by atoms with van der Waals surface area (Å²) < 4.78 is 11.5. The molecule has 2 aliphatic rings. The van der Waals surface area contributed by atoms with E-state index in [0.29, 0.717) is 12.2 Å². The topological polar surface area (TPSA) is 60.5 Å². The molecule has 0 aromatic carbocycles. The fourth-order valence-electron chi connectivity index (χ4n) is 3.23. The van der Waals surface area contributed by atoms with E-state index in [4.69, 9.17) is 9.47 Å². The lowest BCUT2D eigenvalue weighted by Crippen LogP contribution is -2.51. The summed E-state index contributed by atoms with van der Waals surface area (Å²) >= 11 is 1.49. The summed E-state index contributed by atoms with van der Waals surface area (Å²) in [6.07, 6.45) is 7.23. The maximum Gasteiger partial charge on any atom is 0.254 e. The Morgan fingerprint density at radius 3 is 3.00 bits per heavy atom. The van der Waals surface area contributed by atoms with E-state index in [1.807, 2.05) is 12.3 Å². The Balaban J connectivity index is 1.66. The van der Waals surface area contributed by atoms with Gasteiger partial charge in [-0.15, -0.1) is 11.8 Å². The van der Waals surface area contributed by atoms with Crippen molar-refractivity contribution in [2.24, 2.45) is 0 Å². The molecule has 1 N–H and O–H groups in total. The molecule has 1 aromatic heterocycles. The van der Waals surface area contributed by atoms with E-state index in [1.165, 1.54) is 11.8 Å². The van der Waals surface area contributed by atoms with Crippen LogP contribution in [0, 0.1) is 0 Å². The molecule has 2 fully saturated rings. The molecule has 0 radical (unpaired) electrons. The molecule has 0 bridgehead atoms. The fraction of sp³-hybridized carbons (Fsp3) is 0.625. The van der Waals surface area contributed by atoms with Gasteiger partial charge in [-0.3, -0.25) is 4.79 Å². The zero-order chi connectivity index (χ0) is 15.4. The van der Waals surface area contributed by atoms with Gasteiger partial charge in [0.05, 0.1) is 11.2 Å². The van der Waals surface area contributed by atoms with Crippen LogP contribution in [0.5, 0.6) is 0 Å². The summed E-state index contributed by atoms with van der Waals surface area (Å²) in [6, 6.07) is 3.80. The molecule has 5 nitrogen and oxygen atoms in total. The van der Waals surface area contributed by atoms with Gasteiger partial charge in [0.2, 0.25) is 0 Å². The van der Waals surface area contributed by atoms with Crippen molar-refractivity contribution in [1.29, 1.82) is 0 Å². The molecule has 2 aliphatic heterocycles. The summed E-state index contributed by atoms with van der Waals surface area (Å²) in [5.74, 6) is -0.0356. The largest absolute Gasteiger partial charge is 0.381 e. The zero-order valence-corrected chi connectivity index (χ0v) is 13.7. The first-order valence-electron chi connectivity index (χ1n) is 7.74. The van der Waals surface area contributed by atoms with Gasteiger partial charge in [0.25, 0.3) is 5.91 Å². The van der Waals surface area contributed by atoms with Crippen LogP contribution in [0.25, 0.3) is 0 Å². The summed E-state index contributed by atoms with van der Waals surface area (Å²) in [5, 5.41) is 3.94. The number of hydrogen-bond acceptors (Lipinski definition) is 5. The predicted octanol–water partition coefficient (Wildman–Crippen LogP) is 2.26. The number of pyridine rings is 1. The van der Waals surface area contributed by atoms with Gasteiger partial charge in [0, 0.05) is 32.1 Å². The molecule has 1 atom stereocenters. The molecule has 1 spiro atoms. The number of hydrogen-bond donors (Lipinski definition) is 1. The minimum atomic E-state index is -0.105. The maximum atomic E-state index is 12.5. The van der Waals surface area contributed by atoms with E-state index in [9.17, 15) is 4.79 Å². The van der Waals surface area contributed by atoms with Crippen molar-refractivity contribution >= 4 is 17.7 Å². The molecule has 1 amide bonds. The standard InChI is InChI=1S/C16H22N2O3S/c1-22-15-13(3-2-7-17-15)14(19)18-12-4-8-21-16(11-12)5-9-20-10-6-16/h2-3,7,12H,4-6,8-11H2,1H3,(H,18,19)/t12-/m0/s1. The van der Waals surface area contributed by atoms with E-state index in [2.05, 4.69) is 10.3 Å². The summed E-state index contributed by atoms with van der Waals surface area (Å²) in [6.45, 7) is 2.20.